The quantitative estimate of drug-likeness (QED) is 0.278. The van der Waals surface area contributed by atoms with Gasteiger partial charge < -0.3 is 20.9 Å². The van der Waals surface area contributed by atoms with Gasteiger partial charge in [0.15, 0.2) is 11.6 Å². The summed E-state index contributed by atoms with van der Waals surface area (Å²) in [7, 11) is 0. The molecule has 0 spiro atoms. The number of aromatic nitrogens is 4. The first-order chi connectivity index (χ1) is 16.5. The van der Waals surface area contributed by atoms with E-state index in [2.05, 4.69) is 70.8 Å². The van der Waals surface area contributed by atoms with Crippen LogP contribution in [0.5, 0.6) is 0 Å². The van der Waals surface area contributed by atoms with E-state index >= 15 is 0 Å². The Morgan fingerprint density at radius 3 is 2.65 bits per heavy atom. The van der Waals surface area contributed by atoms with E-state index in [1.807, 2.05) is 30.3 Å². The van der Waals surface area contributed by atoms with E-state index in [0.29, 0.717) is 30.6 Å². The molecule has 1 fully saturated rings. The highest BCUT2D eigenvalue weighted by molar-refractivity contribution is 9.10. The fourth-order valence-corrected chi connectivity index (χ4v) is 3.91. The van der Waals surface area contributed by atoms with Crippen molar-refractivity contribution in [3.8, 4) is 0 Å². The van der Waals surface area contributed by atoms with E-state index < -0.39 is 0 Å². The highest BCUT2D eigenvalue weighted by Crippen LogP contribution is 2.39. The first-order valence-corrected chi connectivity index (χ1v) is 12.5. The van der Waals surface area contributed by atoms with E-state index in [4.69, 9.17) is 0 Å². The molecule has 1 amide bonds. The molecular formula is C24H31BrN8O. The minimum atomic E-state index is 0.0306. The number of rotatable bonds is 12. The monoisotopic (exact) mass is 526 g/mol. The summed E-state index contributed by atoms with van der Waals surface area (Å²) in [5.74, 6) is 2.46. The Hall–Kier alpha value is -2.98. The van der Waals surface area contributed by atoms with Gasteiger partial charge in [-0.25, -0.2) is 4.98 Å². The van der Waals surface area contributed by atoms with Crippen molar-refractivity contribution in [1.82, 2.24) is 30.4 Å². The number of nitrogens with one attached hydrogen (secondary N) is 4. The summed E-state index contributed by atoms with van der Waals surface area (Å²) in [4.78, 5) is 23.4. The van der Waals surface area contributed by atoms with Crippen LogP contribution in [0.4, 0.5) is 23.3 Å². The molecular weight excluding hydrogens is 496 g/mol. The van der Waals surface area contributed by atoms with E-state index in [1.54, 1.807) is 6.20 Å². The van der Waals surface area contributed by atoms with E-state index in [-0.39, 0.29) is 5.91 Å². The number of amides is 1. The third-order valence-corrected chi connectivity index (χ3v) is 6.41. The van der Waals surface area contributed by atoms with Crippen molar-refractivity contribution in [2.24, 2.45) is 0 Å². The number of carbonyl (C=O) groups is 1. The molecule has 2 aromatic heterocycles. The van der Waals surface area contributed by atoms with Gasteiger partial charge in [0.05, 0.1) is 10.9 Å². The minimum absolute atomic E-state index is 0.0306. The number of halogens is 1. The number of carbonyl (C=O) groups excluding carboxylic acids is 1. The second-order valence-electron chi connectivity index (χ2n) is 8.37. The van der Waals surface area contributed by atoms with Gasteiger partial charge in [-0.3, -0.25) is 9.89 Å². The maximum absolute atomic E-state index is 12.2. The fourth-order valence-electron chi connectivity index (χ4n) is 3.62. The fraction of sp³-hybridized carbons (Fsp3) is 0.417. The van der Waals surface area contributed by atoms with Crippen LogP contribution in [0, 0.1) is 0 Å². The second kappa shape index (κ2) is 11.4. The predicted molar refractivity (Wildman–Crippen MR) is 138 cm³/mol. The zero-order chi connectivity index (χ0) is 23.9. The molecule has 2 heterocycles. The molecule has 34 heavy (non-hydrogen) atoms. The first-order valence-electron chi connectivity index (χ1n) is 11.7. The Labute approximate surface area is 208 Å². The number of hydrogen-bond donors (Lipinski definition) is 4. The molecule has 4 N–H and O–H groups in total. The Morgan fingerprint density at radius 1 is 1.18 bits per heavy atom. The molecule has 1 aliphatic rings. The summed E-state index contributed by atoms with van der Waals surface area (Å²) < 4.78 is 0.747. The number of likely N-dealkylation sites (N-methyl/N-ethyl adjacent to an activating group) is 1. The van der Waals surface area contributed by atoms with Crippen LogP contribution in [0.25, 0.3) is 0 Å². The van der Waals surface area contributed by atoms with Gasteiger partial charge >= 0.3 is 0 Å². The summed E-state index contributed by atoms with van der Waals surface area (Å²) in [6.07, 6.45) is 4.48. The molecule has 0 atom stereocenters. The van der Waals surface area contributed by atoms with Crippen molar-refractivity contribution < 1.29 is 4.79 Å². The molecule has 0 saturated heterocycles. The van der Waals surface area contributed by atoms with Gasteiger partial charge in [-0.05, 0) is 59.6 Å². The highest BCUT2D eigenvalue weighted by atomic mass is 79.9. The summed E-state index contributed by atoms with van der Waals surface area (Å²) in [6, 6.07) is 9.75. The first kappa shape index (κ1) is 24.2. The molecule has 9 nitrogen and oxygen atoms in total. The van der Waals surface area contributed by atoms with Crippen LogP contribution >= 0.6 is 15.9 Å². The van der Waals surface area contributed by atoms with E-state index in [0.717, 1.165) is 46.9 Å². The smallest absolute Gasteiger partial charge is 0.229 e. The number of anilines is 4. The number of aromatic amines is 1. The number of hydrogen-bond acceptors (Lipinski definition) is 7. The maximum atomic E-state index is 12.2. The van der Waals surface area contributed by atoms with Crippen molar-refractivity contribution >= 4 is 45.1 Å². The Bertz CT molecular complexity index is 1090. The molecule has 4 rings (SSSR count). The van der Waals surface area contributed by atoms with E-state index in [1.165, 1.54) is 12.8 Å². The molecule has 180 valence electrons. The van der Waals surface area contributed by atoms with Crippen LogP contribution in [0.15, 0.2) is 41.0 Å². The van der Waals surface area contributed by atoms with Crippen LogP contribution in [0.3, 0.4) is 0 Å². The lowest BCUT2D eigenvalue weighted by Crippen LogP contribution is -2.35. The van der Waals surface area contributed by atoms with Gasteiger partial charge in [0, 0.05) is 42.7 Å². The lowest BCUT2D eigenvalue weighted by molar-refractivity contribution is -0.120. The van der Waals surface area contributed by atoms with Gasteiger partial charge in [-0.2, -0.15) is 10.1 Å². The lowest BCUT2D eigenvalue weighted by Gasteiger charge is -2.17. The normalized spacial score (nSPS) is 13.2. The SMILES string of the molecule is CCN(CC)CCNC(=O)Cc1ccc(Nc2ncc(Br)c(Nc3cc(C4CC4)[nH]n3)n2)cc1. The zero-order valence-electron chi connectivity index (χ0n) is 19.6. The van der Waals surface area contributed by atoms with Crippen LogP contribution in [0.2, 0.25) is 0 Å². The molecule has 3 aromatic rings. The van der Waals surface area contributed by atoms with Crippen LogP contribution in [-0.4, -0.2) is 57.2 Å². The molecule has 1 aromatic carbocycles. The van der Waals surface area contributed by atoms with Crippen LogP contribution in [0.1, 0.15) is 43.9 Å². The molecule has 0 radical (unpaired) electrons. The van der Waals surface area contributed by atoms with E-state index in [9.17, 15) is 4.79 Å². The molecule has 1 aliphatic carbocycles. The number of H-pyrrole nitrogens is 1. The standard InChI is InChI=1S/C24H31BrN8O/c1-3-33(4-2)12-11-26-22(34)13-16-5-9-18(10-6-16)28-24-27-15-19(25)23(30-24)29-21-14-20(31-32-21)17-7-8-17/h5-6,9-10,14-15,17H,3-4,7-8,11-13H2,1-2H3,(H,26,34)(H3,27,28,29,30,31,32). The molecule has 0 unspecified atom stereocenters. The second-order valence-corrected chi connectivity index (χ2v) is 9.23. The number of benzene rings is 1. The zero-order valence-corrected chi connectivity index (χ0v) is 21.2. The minimum Gasteiger partial charge on any atom is -0.355 e. The Balaban J connectivity index is 1.30. The lowest BCUT2D eigenvalue weighted by atomic mass is 10.1. The Kier molecular flexibility index (Phi) is 8.12. The third-order valence-electron chi connectivity index (χ3n) is 5.82. The van der Waals surface area contributed by atoms with Crippen molar-refractivity contribution in [3.63, 3.8) is 0 Å². The summed E-state index contributed by atoms with van der Waals surface area (Å²) in [5.41, 5.74) is 2.95. The molecule has 0 aliphatic heterocycles. The van der Waals surface area contributed by atoms with Crippen molar-refractivity contribution in [3.05, 3.63) is 52.3 Å². The predicted octanol–water partition coefficient (Wildman–Crippen LogP) is 4.33. The van der Waals surface area contributed by atoms with Gasteiger partial charge in [0.25, 0.3) is 0 Å². The largest absolute Gasteiger partial charge is 0.355 e. The van der Waals surface area contributed by atoms with Crippen molar-refractivity contribution in [1.29, 1.82) is 0 Å². The maximum Gasteiger partial charge on any atom is 0.229 e. The summed E-state index contributed by atoms with van der Waals surface area (Å²) in [6.45, 7) is 7.77. The summed E-state index contributed by atoms with van der Waals surface area (Å²) in [5, 5.41) is 16.8. The average molecular weight is 527 g/mol. The van der Waals surface area contributed by atoms with Gasteiger partial charge in [0.2, 0.25) is 11.9 Å². The van der Waals surface area contributed by atoms with Gasteiger partial charge in [0.1, 0.15) is 0 Å². The summed E-state index contributed by atoms with van der Waals surface area (Å²) >= 11 is 3.49. The molecule has 1 saturated carbocycles. The van der Waals surface area contributed by atoms with Gasteiger partial charge in [-0.1, -0.05) is 26.0 Å². The molecule has 0 bridgehead atoms. The average Bonchev–Trinajstić information content (AvgIpc) is 3.59. The topological polar surface area (TPSA) is 111 Å². The van der Waals surface area contributed by atoms with Crippen LogP contribution in [-0.2, 0) is 11.2 Å². The molecule has 10 heteroatoms. The Morgan fingerprint density at radius 2 is 1.94 bits per heavy atom. The highest BCUT2D eigenvalue weighted by Gasteiger charge is 2.25. The van der Waals surface area contributed by atoms with Crippen molar-refractivity contribution in [2.75, 3.05) is 36.8 Å². The third kappa shape index (κ3) is 6.77. The van der Waals surface area contributed by atoms with Crippen molar-refractivity contribution in [2.45, 2.75) is 39.0 Å². The van der Waals surface area contributed by atoms with Gasteiger partial charge in [-0.15, -0.1) is 0 Å². The van der Waals surface area contributed by atoms with Crippen LogP contribution < -0.4 is 16.0 Å². The number of nitrogens with zero attached hydrogens (tertiary/aromatic N) is 4.